The van der Waals surface area contributed by atoms with Crippen LogP contribution in [0.25, 0.3) is 0 Å². The van der Waals surface area contributed by atoms with Gasteiger partial charge in [0.05, 0.1) is 18.1 Å². The predicted molar refractivity (Wildman–Crippen MR) is 61.4 cm³/mol. The van der Waals surface area contributed by atoms with Crippen LogP contribution in [0.2, 0.25) is 0 Å². The Labute approximate surface area is 105 Å². The van der Waals surface area contributed by atoms with Crippen molar-refractivity contribution >= 4 is 11.9 Å². The lowest BCUT2D eigenvalue weighted by atomic mass is 9.83. The number of hydrogen-bond acceptors (Lipinski definition) is 4. The molecule has 6 heteroatoms. The molecule has 0 aromatic carbocycles. The van der Waals surface area contributed by atoms with E-state index in [1.807, 2.05) is 0 Å². The summed E-state index contributed by atoms with van der Waals surface area (Å²) in [7, 11) is 0. The van der Waals surface area contributed by atoms with E-state index in [2.05, 4.69) is 0 Å². The van der Waals surface area contributed by atoms with E-state index in [0.717, 1.165) is 0 Å². The first kappa shape index (κ1) is 13.0. The van der Waals surface area contributed by atoms with Gasteiger partial charge in [0.15, 0.2) is 0 Å². The van der Waals surface area contributed by atoms with Crippen molar-refractivity contribution in [1.82, 2.24) is 4.90 Å². The van der Waals surface area contributed by atoms with Crippen molar-refractivity contribution in [2.24, 2.45) is 5.92 Å². The van der Waals surface area contributed by atoms with Crippen molar-refractivity contribution in [3.63, 3.8) is 0 Å². The van der Waals surface area contributed by atoms with Crippen molar-refractivity contribution in [3.05, 3.63) is 11.3 Å². The molecule has 100 valence electrons. The summed E-state index contributed by atoms with van der Waals surface area (Å²) in [6.45, 7) is 1.54. The summed E-state index contributed by atoms with van der Waals surface area (Å²) >= 11 is 0. The summed E-state index contributed by atoms with van der Waals surface area (Å²) < 4.78 is 0. The lowest BCUT2D eigenvalue weighted by molar-refractivity contribution is -0.161. The lowest BCUT2D eigenvalue weighted by Crippen LogP contribution is -2.61. The van der Waals surface area contributed by atoms with Crippen LogP contribution < -0.4 is 0 Å². The topological polar surface area (TPSA) is 98.1 Å². The number of aliphatic hydroxyl groups is 2. The number of fused-ring (bicyclic) bond motifs is 1. The second-order valence-corrected chi connectivity index (χ2v) is 4.83. The van der Waals surface area contributed by atoms with Gasteiger partial charge in [0, 0.05) is 6.61 Å². The highest BCUT2D eigenvalue weighted by atomic mass is 16.4. The number of aliphatic hydroxyl groups excluding tert-OH is 2. The molecule has 18 heavy (non-hydrogen) atoms. The second kappa shape index (κ2) is 4.70. The lowest BCUT2D eigenvalue weighted by Gasteiger charge is -2.44. The molecule has 3 atom stereocenters. The maximum absolute atomic E-state index is 11.8. The first-order chi connectivity index (χ1) is 8.49. The minimum atomic E-state index is -1.11. The Morgan fingerprint density at radius 1 is 1.56 bits per heavy atom. The fourth-order valence-electron chi connectivity index (χ4n) is 2.88. The molecule has 0 bridgehead atoms. The quantitative estimate of drug-likeness (QED) is 0.586. The van der Waals surface area contributed by atoms with Gasteiger partial charge >= 0.3 is 5.97 Å². The first-order valence-electron chi connectivity index (χ1n) is 6.06. The van der Waals surface area contributed by atoms with E-state index >= 15 is 0 Å². The van der Waals surface area contributed by atoms with Crippen LogP contribution in [0.15, 0.2) is 11.3 Å². The predicted octanol–water partition coefficient (Wildman–Crippen LogP) is -0.291. The maximum atomic E-state index is 11.8. The number of carbonyl (C=O) groups excluding carboxylic acids is 1. The number of carbonyl (C=O) groups is 2. The van der Waals surface area contributed by atoms with Crippen LogP contribution in [0.1, 0.15) is 26.2 Å². The number of β-lactam (4-membered cyclic amide) rings is 1. The van der Waals surface area contributed by atoms with Gasteiger partial charge in [-0.3, -0.25) is 4.79 Å². The Bertz CT molecular complexity index is 415. The maximum Gasteiger partial charge on any atom is 0.352 e. The van der Waals surface area contributed by atoms with Gasteiger partial charge in [-0.1, -0.05) is 0 Å². The fourth-order valence-corrected chi connectivity index (χ4v) is 2.88. The number of nitrogens with zero attached hydrogens (tertiary/aromatic N) is 1. The van der Waals surface area contributed by atoms with E-state index in [1.54, 1.807) is 6.92 Å². The summed E-state index contributed by atoms with van der Waals surface area (Å²) in [6, 6.07) is -0.225. The van der Waals surface area contributed by atoms with E-state index in [0.29, 0.717) is 24.8 Å². The third-order valence-corrected chi connectivity index (χ3v) is 3.66. The molecule has 1 fully saturated rings. The molecule has 1 saturated heterocycles. The molecule has 0 aromatic heterocycles. The molecular weight excluding hydrogens is 238 g/mol. The van der Waals surface area contributed by atoms with Crippen molar-refractivity contribution in [1.29, 1.82) is 0 Å². The van der Waals surface area contributed by atoms with Crippen LogP contribution in [-0.2, 0) is 9.59 Å². The Balaban J connectivity index is 2.21. The van der Waals surface area contributed by atoms with E-state index in [1.165, 1.54) is 4.90 Å². The SMILES string of the molecule is C[C@@H](O)[C@H]1C(=O)N2C(C(=O)O)=C(CCCO)C[C@H]12. The summed E-state index contributed by atoms with van der Waals surface area (Å²) in [6.07, 6.45) is 0.694. The fraction of sp³-hybridized carbons (Fsp3) is 0.667. The molecule has 0 aliphatic carbocycles. The van der Waals surface area contributed by atoms with Gasteiger partial charge in [-0.25, -0.2) is 4.79 Å². The van der Waals surface area contributed by atoms with Crippen LogP contribution in [-0.4, -0.2) is 50.8 Å². The zero-order chi connectivity index (χ0) is 13.4. The van der Waals surface area contributed by atoms with Gasteiger partial charge < -0.3 is 20.2 Å². The molecule has 0 radical (unpaired) electrons. The Morgan fingerprint density at radius 3 is 2.72 bits per heavy atom. The molecule has 1 amide bonds. The highest BCUT2D eigenvalue weighted by Crippen LogP contribution is 2.44. The summed E-state index contributed by atoms with van der Waals surface area (Å²) in [4.78, 5) is 24.3. The third-order valence-electron chi connectivity index (χ3n) is 3.66. The zero-order valence-corrected chi connectivity index (χ0v) is 10.2. The van der Waals surface area contributed by atoms with Gasteiger partial charge in [0.1, 0.15) is 5.70 Å². The number of carboxylic acids is 1. The van der Waals surface area contributed by atoms with Crippen LogP contribution >= 0.6 is 0 Å². The van der Waals surface area contributed by atoms with Gasteiger partial charge in [0.25, 0.3) is 0 Å². The van der Waals surface area contributed by atoms with E-state index < -0.39 is 18.0 Å². The molecule has 0 spiro atoms. The van der Waals surface area contributed by atoms with Crippen molar-refractivity contribution in [2.45, 2.75) is 38.3 Å². The summed E-state index contributed by atoms with van der Waals surface area (Å²) in [5.74, 6) is -1.92. The molecule has 2 rings (SSSR count). The first-order valence-corrected chi connectivity index (χ1v) is 6.06. The minimum Gasteiger partial charge on any atom is -0.477 e. The van der Waals surface area contributed by atoms with Gasteiger partial charge in [-0.05, 0) is 31.8 Å². The van der Waals surface area contributed by atoms with E-state index in [-0.39, 0.29) is 24.3 Å². The van der Waals surface area contributed by atoms with E-state index in [9.17, 15) is 19.8 Å². The minimum absolute atomic E-state index is 0.00512. The van der Waals surface area contributed by atoms with E-state index in [4.69, 9.17) is 5.11 Å². The average Bonchev–Trinajstić information content (AvgIpc) is 2.60. The number of hydrogen-bond donors (Lipinski definition) is 3. The Morgan fingerprint density at radius 2 is 2.22 bits per heavy atom. The van der Waals surface area contributed by atoms with Crippen molar-refractivity contribution in [3.8, 4) is 0 Å². The van der Waals surface area contributed by atoms with Crippen molar-refractivity contribution < 1.29 is 24.9 Å². The van der Waals surface area contributed by atoms with Gasteiger partial charge in [-0.2, -0.15) is 0 Å². The zero-order valence-electron chi connectivity index (χ0n) is 10.2. The Kier molecular flexibility index (Phi) is 3.41. The standard InChI is InChI=1S/C12H17NO5/c1-6(15)9-8-5-7(3-2-4-14)10(12(17)18)13(8)11(9)16/h6,8-9,14-15H,2-5H2,1H3,(H,17,18)/t6-,8-,9-/m1/s1. The highest BCUT2D eigenvalue weighted by molar-refractivity contribution is 5.99. The largest absolute Gasteiger partial charge is 0.477 e. The number of rotatable bonds is 5. The smallest absolute Gasteiger partial charge is 0.352 e. The normalized spacial score (nSPS) is 28.2. The van der Waals surface area contributed by atoms with Crippen LogP contribution in [0.3, 0.4) is 0 Å². The van der Waals surface area contributed by atoms with Gasteiger partial charge in [-0.15, -0.1) is 0 Å². The van der Waals surface area contributed by atoms with Crippen LogP contribution in [0.5, 0.6) is 0 Å². The molecule has 2 aliphatic rings. The molecule has 2 aliphatic heterocycles. The number of carboxylic acid groups (broad SMARTS) is 1. The molecular formula is C12H17NO5. The molecule has 2 heterocycles. The molecule has 3 N–H and O–H groups in total. The number of aliphatic carboxylic acids is 1. The summed E-state index contributed by atoms with van der Waals surface area (Å²) in [5.41, 5.74) is 0.744. The van der Waals surface area contributed by atoms with Crippen LogP contribution in [0, 0.1) is 5.92 Å². The number of amides is 1. The van der Waals surface area contributed by atoms with Crippen molar-refractivity contribution in [2.75, 3.05) is 6.61 Å². The molecule has 0 aromatic rings. The highest BCUT2D eigenvalue weighted by Gasteiger charge is 2.56. The molecule has 0 saturated carbocycles. The monoisotopic (exact) mass is 255 g/mol. The molecule has 0 unspecified atom stereocenters. The Hall–Kier alpha value is -1.40. The molecule has 6 nitrogen and oxygen atoms in total. The van der Waals surface area contributed by atoms with Gasteiger partial charge in [0.2, 0.25) is 5.91 Å². The summed E-state index contributed by atoms with van der Waals surface area (Å²) in [5, 5.41) is 27.5. The third kappa shape index (κ3) is 1.81. The van der Waals surface area contributed by atoms with Crippen LogP contribution in [0.4, 0.5) is 0 Å². The second-order valence-electron chi connectivity index (χ2n) is 4.83. The average molecular weight is 255 g/mol.